The standard InChI is InChI=1S/C16H25N/c1-12-8-10-15(11-9-12)17-14(3)16-7-5-4-6-13(16)2/h4-7,12,14-15,17H,8-11H2,1-3H3/t12?,14-,15?/m1/s1. The van der Waals surface area contributed by atoms with E-state index in [0.717, 1.165) is 12.0 Å². The molecule has 1 atom stereocenters. The molecule has 0 amide bonds. The highest BCUT2D eigenvalue weighted by molar-refractivity contribution is 5.28. The van der Waals surface area contributed by atoms with Crippen LogP contribution < -0.4 is 5.32 Å². The predicted molar refractivity (Wildman–Crippen MR) is 74.1 cm³/mol. The molecule has 0 aromatic heterocycles. The molecule has 2 rings (SSSR count). The fraction of sp³-hybridized carbons (Fsp3) is 0.625. The summed E-state index contributed by atoms with van der Waals surface area (Å²) in [6.45, 7) is 6.87. The van der Waals surface area contributed by atoms with Crippen LogP contribution in [0.2, 0.25) is 0 Å². The zero-order valence-electron chi connectivity index (χ0n) is 11.4. The van der Waals surface area contributed by atoms with Crippen molar-refractivity contribution in [1.29, 1.82) is 0 Å². The molecule has 0 heterocycles. The molecule has 1 heteroatoms. The molecule has 1 fully saturated rings. The van der Waals surface area contributed by atoms with Crippen LogP contribution in [0.1, 0.15) is 56.7 Å². The average molecular weight is 231 g/mol. The van der Waals surface area contributed by atoms with Gasteiger partial charge in [-0.25, -0.2) is 0 Å². The monoisotopic (exact) mass is 231 g/mol. The molecule has 0 unspecified atom stereocenters. The van der Waals surface area contributed by atoms with Crippen molar-refractivity contribution in [3.63, 3.8) is 0 Å². The maximum atomic E-state index is 3.80. The topological polar surface area (TPSA) is 12.0 Å². The van der Waals surface area contributed by atoms with Crippen LogP contribution in [0.3, 0.4) is 0 Å². The summed E-state index contributed by atoms with van der Waals surface area (Å²) >= 11 is 0. The van der Waals surface area contributed by atoms with Gasteiger partial charge in [0.05, 0.1) is 0 Å². The van der Waals surface area contributed by atoms with E-state index >= 15 is 0 Å². The van der Waals surface area contributed by atoms with Gasteiger partial charge in [-0.1, -0.05) is 31.2 Å². The number of hydrogen-bond acceptors (Lipinski definition) is 1. The second-order valence-electron chi connectivity index (χ2n) is 5.70. The SMILES string of the molecule is Cc1ccccc1[C@@H](C)NC1CCC(C)CC1. The van der Waals surface area contributed by atoms with Crippen molar-refractivity contribution in [3.8, 4) is 0 Å². The first-order valence-electron chi connectivity index (χ1n) is 6.98. The lowest BCUT2D eigenvalue weighted by atomic mass is 9.86. The maximum absolute atomic E-state index is 3.80. The summed E-state index contributed by atoms with van der Waals surface area (Å²) in [6.07, 6.45) is 5.46. The van der Waals surface area contributed by atoms with Crippen molar-refractivity contribution < 1.29 is 0 Å². The number of hydrogen-bond donors (Lipinski definition) is 1. The van der Waals surface area contributed by atoms with Gasteiger partial charge in [0.15, 0.2) is 0 Å². The largest absolute Gasteiger partial charge is 0.307 e. The van der Waals surface area contributed by atoms with Gasteiger partial charge in [0.1, 0.15) is 0 Å². The van der Waals surface area contributed by atoms with Gasteiger partial charge in [-0.05, 0) is 56.6 Å². The van der Waals surface area contributed by atoms with Crippen LogP contribution in [-0.2, 0) is 0 Å². The van der Waals surface area contributed by atoms with Gasteiger partial charge in [0, 0.05) is 12.1 Å². The molecule has 1 nitrogen and oxygen atoms in total. The molecular weight excluding hydrogens is 206 g/mol. The van der Waals surface area contributed by atoms with Gasteiger partial charge >= 0.3 is 0 Å². The highest BCUT2D eigenvalue weighted by atomic mass is 14.9. The minimum Gasteiger partial charge on any atom is -0.307 e. The molecule has 0 saturated heterocycles. The van der Waals surface area contributed by atoms with E-state index in [-0.39, 0.29) is 0 Å². The van der Waals surface area contributed by atoms with Gasteiger partial charge in [0.25, 0.3) is 0 Å². The summed E-state index contributed by atoms with van der Waals surface area (Å²) in [5.41, 5.74) is 2.85. The molecular formula is C16H25N. The third-order valence-corrected chi connectivity index (χ3v) is 4.16. The van der Waals surface area contributed by atoms with Crippen molar-refractivity contribution in [2.24, 2.45) is 5.92 Å². The van der Waals surface area contributed by atoms with E-state index in [1.165, 1.54) is 36.8 Å². The minimum absolute atomic E-state index is 0.481. The lowest BCUT2D eigenvalue weighted by Crippen LogP contribution is -2.34. The first-order chi connectivity index (χ1) is 8.16. The Labute approximate surface area is 106 Å². The molecule has 1 aliphatic carbocycles. The van der Waals surface area contributed by atoms with E-state index < -0.39 is 0 Å². The quantitative estimate of drug-likeness (QED) is 0.821. The summed E-state index contributed by atoms with van der Waals surface area (Å²) in [5.74, 6) is 0.932. The summed E-state index contributed by atoms with van der Waals surface area (Å²) in [7, 11) is 0. The van der Waals surface area contributed by atoms with Crippen molar-refractivity contribution in [2.45, 2.75) is 58.5 Å². The summed E-state index contributed by atoms with van der Waals surface area (Å²) < 4.78 is 0. The third-order valence-electron chi connectivity index (χ3n) is 4.16. The minimum atomic E-state index is 0.481. The maximum Gasteiger partial charge on any atom is 0.0296 e. The lowest BCUT2D eigenvalue weighted by Gasteiger charge is -2.30. The van der Waals surface area contributed by atoms with E-state index in [1.54, 1.807) is 0 Å². The van der Waals surface area contributed by atoms with E-state index in [9.17, 15) is 0 Å². The molecule has 1 aliphatic rings. The smallest absolute Gasteiger partial charge is 0.0296 e. The Morgan fingerprint density at radius 1 is 1.12 bits per heavy atom. The van der Waals surface area contributed by atoms with E-state index in [2.05, 4.69) is 50.4 Å². The van der Waals surface area contributed by atoms with Crippen LogP contribution in [0.15, 0.2) is 24.3 Å². The Balaban J connectivity index is 1.93. The Kier molecular flexibility index (Phi) is 4.22. The second kappa shape index (κ2) is 5.68. The molecule has 0 bridgehead atoms. The molecule has 17 heavy (non-hydrogen) atoms. The van der Waals surface area contributed by atoms with Gasteiger partial charge in [0.2, 0.25) is 0 Å². The Morgan fingerprint density at radius 3 is 2.41 bits per heavy atom. The van der Waals surface area contributed by atoms with Crippen LogP contribution in [-0.4, -0.2) is 6.04 Å². The van der Waals surface area contributed by atoms with Crippen LogP contribution in [0.4, 0.5) is 0 Å². The number of rotatable bonds is 3. The lowest BCUT2D eigenvalue weighted by molar-refractivity contribution is 0.291. The first-order valence-corrected chi connectivity index (χ1v) is 6.98. The van der Waals surface area contributed by atoms with Crippen molar-refractivity contribution >= 4 is 0 Å². The van der Waals surface area contributed by atoms with E-state index in [0.29, 0.717) is 6.04 Å². The Morgan fingerprint density at radius 2 is 1.76 bits per heavy atom. The van der Waals surface area contributed by atoms with E-state index in [1.807, 2.05) is 0 Å². The Hall–Kier alpha value is -0.820. The number of nitrogens with one attached hydrogen (secondary N) is 1. The summed E-state index contributed by atoms with van der Waals surface area (Å²) in [6, 6.07) is 9.92. The Bertz CT molecular complexity index is 350. The molecule has 94 valence electrons. The second-order valence-corrected chi connectivity index (χ2v) is 5.70. The summed E-state index contributed by atoms with van der Waals surface area (Å²) in [4.78, 5) is 0. The van der Waals surface area contributed by atoms with Crippen LogP contribution in [0.5, 0.6) is 0 Å². The molecule has 1 saturated carbocycles. The van der Waals surface area contributed by atoms with Gasteiger partial charge in [-0.3, -0.25) is 0 Å². The first kappa shape index (κ1) is 12.6. The molecule has 1 N–H and O–H groups in total. The molecule has 0 aliphatic heterocycles. The predicted octanol–water partition coefficient (Wildman–Crippen LogP) is 4.22. The van der Waals surface area contributed by atoms with Gasteiger partial charge < -0.3 is 5.32 Å². The zero-order valence-corrected chi connectivity index (χ0v) is 11.4. The normalized spacial score (nSPS) is 26.8. The summed E-state index contributed by atoms with van der Waals surface area (Å²) in [5, 5.41) is 3.80. The van der Waals surface area contributed by atoms with Crippen LogP contribution >= 0.6 is 0 Å². The average Bonchev–Trinajstić information content (AvgIpc) is 2.32. The van der Waals surface area contributed by atoms with E-state index in [4.69, 9.17) is 0 Å². The van der Waals surface area contributed by atoms with Gasteiger partial charge in [-0.2, -0.15) is 0 Å². The van der Waals surface area contributed by atoms with Crippen LogP contribution in [0.25, 0.3) is 0 Å². The highest BCUT2D eigenvalue weighted by Crippen LogP contribution is 2.26. The zero-order chi connectivity index (χ0) is 12.3. The third kappa shape index (κ3) is 3.32. The number of benzene rings is 1. The highest BCUT2D eigenvalue weighted by Gasteiger charge is 2.20. The molecule has 1 aromatic rings. The van der Waals surface area contributed by atoms with Gasteiger partial charge in [-0.15, -0.1) is 0 Å². The molecule has 0 spiro atoms. The fourth-order valence-corrected chi connectivity index (χ4v) is 2.94. The molecule has 1 aromatic carbocycles. The van der Waals surface area contributed by atoms with Crippen molar-refractivity contribution in [1.82, 2.24) is 5.32 Å². The molecule has 0 radical (unpaired) electrons. The van der Waals surface area contributed by atoms with Crippen molar-refractivity contribution in [3.05, 3.63) is 35.4 Å². The number of aryl methyl sites for hydroxylation is 1. The fourth-order valence-electron chi connectivity index (χ4n) is 2.94. The van der Waals surface area contributed by atoms with Crippen LogP contribution in [0, 0.1) is 12.8 Å². The van der Waals surface area contributed by atoms with Crippen molar-refractivity contribution in [2.75, 3.05) is 0 Å².